The minimum atomic E-state index is -0.511. The lowest BCUT2D eigenvalue weighted by Gasteiger charge is -2.10. The molecule has 0 aliphatic carbocycles. The van der Waals surface area contributed by atoms with Crippen LogP contribution in [0.3, 0.4) is 0 Å². The first-order chi connectivity index (χ1) is 8.70. The van der Waals surface area contributed by atoms with E-state index in [-0.39, 0.29) is 0 Å². The second kappa shape index (κ2) is 5.23. The fourth-order valence-corrected chi connectivity index (χ4v) is 1.67. The van der Waals surface area contributed by atoms with Crippen LogP contribution in [0.1, 0.15) is 10.4 Å². The van der Waals surface area contributed by atoms with Gasteiger partial charge in [0.2, 0.25) is 0 Å². The Bertz CT molecular complexity index is 553. The largest absolute Gasteiger partial charge is 0.496 e. The van der Waals surface area contributed by atoms with E-state index in [4.69, 9.17) is 10.5 Å². The Morgan fingerprint density at radius 2 is 1.83 bits per heavy atom. The molecule has 18 heavy (non-hydrogen) atoms. The molecule has 2 rings (SSSR count). The van der Waals surface area contributed by atoms with Crippen molar-refractivity contribution >= 4 is 17.3 Å². The molecule has 0 saturated heterocycles. The van der Waals surface area contributed by atoms with Crippen molar-refractivity contribution in [3.8, 4) is 5.75 Å². The molecule has 1 amide bonds. The van der Waals surface area contributed by atoms with E-state index in [0.29, 0.717) is 11.3 Å². The highest BCUT2D eigenvalue weighted by Crippen LogP contribution is 2.24. The Morgan fingerprint density at radius 3 is 2.44 bits per heavy atom. The number of carbonyl (C=O) groups excluding carboxylic acids is 1. The summed E-state index contributed by atoms with van der Waals surface area (Å²) in [7, 11) is 1.51. The summed E-state index contributed by atoms with van der Waals surface area (Å²) in [5, 5.41) is 3.19. The summed E-state index contributed by atoms with van der Waals surface area (Å²) >= 11 is 0. The van der Waals surface area contributed by atoms with Gasteiger partial charge in [0, 0.05) is 11.4 Å². The topological polar surface area (TPSA) is 64.3 Å². The van der Waals surface area contributed by atoms with Gasteiger partial charge in [-0.25, -0.2) is 0 Å². The molecule has 2 aromatic carbocycles. The Morgan fingerprint density at radius 1 is 1.11 bits per heavy atom. The zero-order chi connectivity index (χ0) is 13.0. The lowest BCUT2D eigenvalue weighted by Crippen LogP contribution is -2.12. The van der Waals surface area contributed by atoms with Gasteiger partial charge >= 0.3 is 0 Å². The average Bonchev–Trinajstić information content (AvgIpc) is 2.40. The fraction of sp³-hybridized carbons (Fsp3) is 0.0714. The maximum atomic E-state index is 11.3. The molecule has 0 radical (unpaired) electrons. The predicted octanol–water partition coefficient (Wildman–Crippen LogP) is 2.54. The van der Waals surface area contributed by atoms with Crippen molar-refractivity contribution in [2.45, 2.75) is 0 Å². The molecular weight excluding hydrogens is 228 g/mol. The van der Waals surface area contributed by atoms with E-state index in [2.05, 4.69) is 5.32 Å². The highest BCUT2D eigenvalue weighted by atomic mass is 16.5. The molecule has 0 fully saturated rings. The normalized spacial score (nSPS) is 9.83. The van der Waals surface area contributed by atoms with E-state index in [1.54, 1.807) is 12.1 Å². The lowest BCUT2D eigenvalue weighted by atomic mass is 10.1. The summed E-state index contributed by atoms with van der Waals surface area (Å²) in [6, 6.07) is 14.9. The standard InChI is InChI=1S/C14H14N2O2/c1-18-13-8-7-11(9-12(13)14(15)17)16-10-5-3-2-4-6-10/h2-9,16H,1H3,(H2,15,17). The third-order valence-corrected chi connectivity index (χ3v) is 2.53. The monoisotopic (exact) mass is 242 g/mol. The molecule has 0 aliphatic rings. The number of primary amides is 1. The van der Waals surface area contributed by atoms with Gasteiger partial charge in [0.1, 0.15) is 5.75 Å². The Balaban J connectivity index is 2.30. The number of nitrogens with two attached hydrogens (primary N) is 1. The highest BCUT2D eigenvalue weighted by Gasteiger charge is 2.09. The minimum absolute atomic E-state index is 0.360. The predicted molar refractivity (Wildman–Crippen MR) is 71.2 cm³/mol. The van der Waals surface area contributed by atoms with Crippen LogP contribution in [-0.4, -0.2) is 13.0 Å². The van der Waals surface area contributed by atoms with Crippen molar-refractivity contribution in [3.05, 3.63) is 54.1 Å². The van der Waals surface area contributed by atoms with Gasteiger partial charge in [0.15, 0.2) is 0 Å². The van der Waals surface area contributed by atoms with Gasteiger partial charge in [-0.1, -0.05) is 18.2 Å². The van der Waals surface area contributed by atoms with Crippen LogP contribution in [0.15, 0.2) is 48.5 Å². The average molecular weight is 242 g/mol. The maximum Gasteiger partial charge on any atom is 0.252 e. The molecule has 0 spiro atoms. The number of nitrogens with one attached hydrogen (secondary N) is 1. The van der Waals surface area contributed by atoms with Crippen molar-refractivity contribution in [3.63, 3.8) is 0 Å². The highest BCUT2D eigenvalue weighted by molar-refractivity contribution is 5.96. The summed E-state index contributed by atoms with van der Waals surface area (Å²) in [6.45, 7) is 0. The van der Waals surface area contributed by atoms with Crippen LogP contribution in [0.2, 0.25) is 0 Å². The van der Waals surface area contributed by atoms with Crippen LogP contribution >= 0.6 is 0 Å². The first-order valence-corrected chi connectivity index (χ1v) is 5.50. The quantitative estimate of drug-likeness (QED) is 0.865. The maximum absolute atomic E-state index is 11.3. The van der Waals surface area contributed by atoms with Gasteiger partial charge in [-0.15, -0.1) is 0 Å². The van der Waals surface area contributed by atoms with Gasteiger partial charge in [0.05, 0.1) is 12.7 Å². The number of carbonyl (C=O) groups is 1. The number of rotatable bonds is 4. The molecule has 2 aromatic rings. The summed E-state index contributed by atoms with van der Waals surface area (Å²) in [6.07, 6.45) is 0. The summed E-state index contributed by atoms with van der Waals surface area (Å²) in [5.41, 5.74) is 7.40. The number of benzene rings is 2. The third-order valence-electron chi connectivity index (χ3n) is 2.53. The number of para-hydroxylation sites is 1. The number of anilines is 2. The van der Waals surface area contributed by atoms with E-state index >= 15 is 0 Å². The van der Waals surface area contributed by atoms with Crippen molar-refractivity contribution < 1.29 is 9.53 Å². The Labute approximate surface area is 105 Å². The molecular formula is C14H14N2O2. The molecule has 0 aliphatic heterocycles. The van der Waals surface area contributed by atoms with E-state index in [0.717, 1.165) is 11.4 Å². The zero-order valence-electron chi connectivity index (χ0n) is 10.0. The summed E-state index contributed by atoms with van der Waals surface area (Å²) in [4.78, 5) is 11.3. The van der Waals surface area contributed by atoms with Crippen LogP contribution in [0.5, 0.6) is 5.75 Å². The summed E-state index contributed by atoms with van der Waals surface area (Å²) in [5.74, 6) is -0.0373. The third kappa shape index (κ3) is 2.60. The number of methoxy groups -OCH3 is 1. The van der Waals surface area contributed by atoms with E-state index in [1.165, 1.54) is 7.11 Å². The second-order valence-corrected chi connectivity index (χ2v) is 3.77. The van der Waals surface area contributed by atoms with Crippen molar-refractivity contribution in [1.29, 1.82) is 0 Å². The molecule has 3 N–H and O–H groups in total. The lowest BCUT2D eigenvalue weighted by molar-refractivity contribution is 0.0997. The molecule has 0 unspecified atom stereocenters. The van der Waals surface area contributed by atoms with Crippen LogP contribution in [-0.2, 0) is 0 Å². The Hall–Kier alpha value is -2.49. The molecule has 0 atom stereocenters. The van der Waals surface area contributed by atoms with Crippen LogP contribution in [0.4, 0.5) is 11.4 Å². The number of hydrogen-bond acceptors (Lipinski definition) is 3. The molecule has 0 heterocycles. The van der Waals surface area contributed by atoms with E-state index < -0.39 is 5.91 Å². The van der Waals surface area contributed by atoms with E-state index in [1.807, 2.05) is 36.4 Å². The second-order valence-electron chi connectivity index (χ2n) is 3.77. The number of ether oxygens (including phenoxy) is 1. The molecule has 0 aromatic heterocycles. The van der Waals surface area contributed by atoms with Gasteiger partial charge in [-0.05, 0) is 30.3 Å². The van der Waals surface area contributed by atoms with Crippen molar-refractivity contribution in [2.24, 2.45) is 5.73 Å². The van der Waals surface area contributed by atoms with Crippen LogP contribution < -0.4 is 15.8 Å². The SMILES string of the molecule is COc1ccc(Nc2ccccc2)cc1C(N)=O. The number of hydrogen-bond donors (Lipinski definition) is 2. The fourth-order valence-electron chi connectivity index (χ4n) is 1.67. The Kier molecular flexibility index (Phi) is 3.48. The van der Waals surface area contributed by atoms with Crippen molar-refractivity contribution in [2.75, 3.05) is 12.4 Å². The molecule has 4 nitrogen and oxygen atoms in total. The zero-order valence-corrected chi connectivity index (χ0v) is 10.0. The smallest absolute Gasteiger partial charge is 0.252 e. The molecule has 0 saturated carbocycles. The molecule has 4 heteroatoms. The molecule has 92 valence electrons. The van der Waals surface area contributed by atoms with Crippen LogP contribution in [0, 0.1) is 0 Å². The first kappa shape index (κ1) is 12.0. The first-order valence-electron chi connectivity index (χ1n) is 5.50. The van der Waals surface area contributed by atoms with Gasteiger partial charge in [0.25, 0.3) is 5.91 Å². The van der Waals surface area contributed by atoms with Crippen LogP contribution in [0.25, 0.3) is 0 Å². The number of amides is 1. The van der Waals surface area contributed by atoms with Gasteiger partial charge < -0.3 is 15.8 Å². The summed E-state index contributed by atoms with van der Waals surface area (Å²) < 4.78 is 5.08. The van der Waals surface area contributed by atoms with Crippen molar-refractivity contribution in [1.82, 2.24) is 0 Å². The molecule has 0 bridgehead atoms. The van der Waals surface area contributed by atoms with Gasteiger partial charge in [-0.2, -0.15) is 0 Å². The van der Waals surface area contributed by atoms with E-state index in [9.17, 15) is 4.79 Å². The van der Waals surface area contributed by atoms with Gasteiger partial charge in [-0.3, -0.25) is 4.79 Å². The minimum Gasteiger partial charge on any atom is -0.496 e.